The lowest BCUT2D eigenvalue weighted by atomic mass is 10.1. The Morgan fingerprint density at radius 1 is 1.21 bits per heavy atom. The van der Waals surface area contributed by atoms with Crippen molar-refractivity contribution in [3.05, 3.63) is 75.4 Å². The van der Waals surface area contributed by atoms with Gasteiger partial charge in [0.15, 0.2) is 0 Å². The number of cyclic esters (lactones) is 1. The highest BCUT2D eigenvalue weighted by molar-refractivity contribution is 6.30. The summed E-state index contributed by atoms with van der Waals surface area (Å²) >= 11 is 11.8. The molecule has 2 heterocycles. The van der Waals surface area contributed by atoms with E-state index in [1.807, 2.05) is 11.0 Å². The summed E-state index contributed by atoms with van der Waals surface area (Å²) in [6, 6.07) is 7.90. The molecule has 4 nitrogen and oxygen atoms in total. The molecule has 0 aliphatic carbocycles. The lowest BCUT2D eigenvalue weighted by molar-refractivity contribution is -0.135. The highest BCUT2D eigenvalue weighted by Crippen LogP contribution is 2.22. The fraction of sp³-hybridized carbons (Fsp3) is 0.176. The Morgan fingerprint density at radius 2 is 2.04 bits per heavy atom. The number of pyridine rings is 1. The van der Waals surface area contributed by atoms with Gasteiger partial charge in [0.2, 0.25) is 0 Å². The number of aromatic nitrogens is 1. The van der Waals surface area contributed by atoms with Crippen LogP contribution in [-0.2, 0) is 22.6 Å². The molecular weight excluding hydrogens is 354 g/mol. The second kappa shape index (κ2) is 7.20. The number of carbonyl (C=O) groups is 1. The van der Waals surface area contributed by atoms with Crippen LogP contribution in [0.15, 0.2) is 48.3 Å². The number of hydrogen-bond donors (Lipinski definition) is 0. The van der Waals surface area contributed by atoms with Gasteiger partial charge in [-0.15, -0.1) is 0 Å². The zero-order chi connectivity index (χ0) is 17.1. The Balaban J connectivity index is 1.87. The van der Waals surface area contributed by atoms with Crippen molar-refractivity contribution in [2.75, 3.05) is 6.61 Å². The van der Waals surface area contributed by atoms with E-state index in [1.54, 1.807) is 18.3 Å². The predicted molar refractivity (Wildman–Crippen MR) is 88.9 cm³/mol. The zero-order valence-electron chi connectivity index (χ0n) is 12.5. The minimum atomic E-state index is -0.407. The van der Waals surface area contributed by atoms with Crippen molar-refractivity contribution >= 4 is 29.2 Å². The molecule has 124 valence electrons. The maximum atomic E-state index is 14.1. The molecule has 3 rings (SSSR count). The first-order valence-electron chi connectivity index (χ1n) is 7.18. The third-order valence-corrected chi connectivity index (χ3v) is 4.04. The van der Waals surface area contributed by atoms with Crippen LogP contribution in [0.4, 0.5) is 4.39 Å². The highest BCUT2D eigenvalue weighted by atomic mass is 35.5. The monoisotopic (exact) mass is 366 g/mol. The van der Waals surface area contributed by atoms with Crippen LogP contribution in [0.5, 0.6) is 0 Å². The zero-order valence-corrected chi connectivity index (χ0v) is 14.0. The van der Waals surface area contributed by atoms with E-state index in [0.29, 0.717) is 28.0 Å². The second-order valence-electron chi connectivity index (χ2n) is 5.32. The van der Waals surface area contributed by atoms with Gasteiger partial charge < -0.3 is 9.64 Å². The van der Waals surface area contributed by atoms with Crippen LogP contribution in [0.25, 0.3) is 0 Å². The van der Waals surface area contributed by atoms with Gasteiger partial charge in [-0.25, -0.2) is 14.2 Å². The Kier molecular flexibility index (Phi) is 5.02. The molecular formula is C17H13Cl2FN2O2. The molecule has 2 aromatic rings. The van der Waals surface area contributed by atoms with Gasteiger partial charge in [0.1, 0.15) is 17.6 Å². The quantitative estimate of drug-likeness (QED) is 0.593. The first-order valence-corrected chi connectivity index (χ1v) is 7.93. The summed E-state index contributed by atoms with van der Waals surface area (Å²) in [5.74, 6) is -0.764. The van der Waals surface area contributed by atoms with Crippen LogP contribution < -0.4 is 0 Å². The molecule has 1 aliphatic rings. The molecule has 0 radical (unpaired) electrons. The number of ether oxygens (including phenoxy) is 1. The van der Waals surface area contributed by atoms with Gasteiger partial charge in [0.05, 0.1) is 5.70 Å². The molecule has 1 aromatic carbocycles. The van der Waals surface area contributed by atoms with Gasteiger partial charge in [-0.2, -0.15) is 0 Å². The molecule has 0 saturated heterocycles. The van der Waals surface area contributed by atoms with Crippen LogP contribution in [0.2, 0.25) is 10.2 Å². The molecule has 0 atom stereocenters. The molecule has 1 aromatic heterocycles. The third-order valence-electron chi connectivity index (χ3n) is 3.58. The Hall–Kier alpha value is -2.11. The topological polar surface area (TPSA) is 42.4 Å². The number of hydrogen-bond acceptors (Lipinski definition) is 4. The molecule has 7 heteroatoms. The van der Waals surface area contributed by atoms with E-state index in [1.165, 1.54) is 18.2 Å². The molecule has 0 unspecified atom stereocenters. The summed E-state index contributed by atoms with van der Waals surface area (Å²) in [6.45, 7) is 0.831. The van der Waals surface area contributed by atoms with Crippen molar-refractivity contribution in [3.8, 4) is 0 Å². The maximum absolute atomic E-state index is 14.1. The number of esters is 1. The van der Waals surface area contributed by atoms with Crippen molar-refractivity contribution in [1.29, 1.82) is 0 Å². The summed E-state index contributed by atoms with van der Waals surface area (Å²) in [6.07, 6.45) is 3.05. The summed E-state index contributed by atoms with van der Waals surface area (Å²) in [7, 11) is 0. The van der Waals surface area contributed by atoms with Gasteiger partial charge in [0.25, 0.3) is 0 Å². The summed E-state index contributed by atoms with van der Waals surface area (Å²) in [4.78, 5) is 17.3. The first-order chi connectivity index (χ1) is 11.5. The first kappa shape index (κ1) is 16.7. The van der Waals surface area contributed by atoms with Gasteiger partial charge in [-0.1, -0.05) is 29.3 Å². The van der Waals surface area contributed by atoms with Gasteiger partial charge in [0, 0.05) is 35.9 Å². The average molecular weight is 367 g/mol. The molecule has 0 N–H and O–H groups in total. The molecule has 0 bridgehead atoms. The Bertz CT molecular complexity index is 794. The minimum absolute atomic E-state index is 0.155. The van der Waals surface area contributed by atoms with Crippen LogP contribution in [0.3, 0.4) is 0 Å². The van der Waals surface area contributed by atoms with Crippen molar-refractivity contribution < 1.29 is 13.9 Å². The van der Waals surface area contributed by atoms with Crippen LogP contribution in [-0.4, -0.2) is 22.5 Å². The lowest BCUT2D eigenvalue weighted by Crippen LogP contribution is -2.24. The normalized spacial score (nSPS) is 13.6. The minimum Gasteiger partial charge on any atom is -0.456 e. The molecule has 1 aliphatic heterocycles. The van der Waals surface area contributed by atoms with E-state index in [9.17, 15) is 9.18 Å². The number of halogens is 3. The number of benzene rings is 1. The van der Waals surface area contributed by atoms with Gasteiger partial charge in [-0.3, -0.25) is 0 Å². The number of nitrogens with zero attached hydrogens (tertiary/aromatic N) is 2. The molecule has 24 heavy (non-hydrogen) atoms. The Labute approximate surface area is 148 Å². The van der Waals surface area contributed by atoms with E-state index in [-0.39, 0.29) is 19.0 Å². The SMILES string of the molecule is O=C1C=C(N(Cc2ccc(Cl)nc2)Cc2cc(Cl)ccc2F)CO1. The average Bonchev–Trinajstić information content (AvgIpc) is 2.99. The molecule has 0 fully saturated rings. The van der Waals surface area contributed by atoms with E-state index >= 15 is 0 Å². The Morgan fingerprint density at radius 3 is 2.71 bits per heavy atom. The summed E-state index contributed by atoms with van der Waals surface area (Å²) in [5, 5.41) is 0.844. The largest absolute Gasteiger partial charge is 0.456 e. The lowest BCUT2D eigenvalue weighted by Gasteiger charge is -2.25. The summed E-state index contributed by atoms with van der Waals surface area (Å²) < 4.78 is 19.0. The summed E-state index contributed by atoms with van der Waals surface area (Å²) in [5.41, 5.74) is 1.99. The predicted octanol–water partition coefficient (Wildman–Crippen LogP) is 3.97. The van der Waals surface area contributed by atoms with Crippen molar-refractivity contribution in [2.45, 2.75) is 13.1 Å². The van der Waals surface area contributed by atoms with Gasteiger partial charge in [-0.05, 0) is 29.8 Å². The van der Waals surface area contributed by atoms with Crippen molar-refractivity contribution in [3.63, 3.8) is 0 Å². The fourth-order valence-corrected chi connectivity index (χ4v) is 2.70. The standard InChI is InChI=1S/C17H13Cl2FN2O2/c18-13-2-3-15(20)12(5-13)9-22(14-6-17(23)24-10-14)8-11-1-4-16(19)21-7-11/h1-7H,8-10H2. The van der Waals surface area contributed by atoms with E-state index < -0.39 is 5.97 Å². The fourth-order valence-electron chi connectivity index (χ4n) is 2.40. The van der Waals surface area contributed by atoms with Crippen molar-refractivity contribution in [2.24, 2.45) is 0 Å². The van der Waals surface area contributed by atoms with E-state index in [4.69, 9.17) is 27.9 Å². The second-order valence-corrected chi connectivity index (χ2v) is 6.15. The van der Waals surface area contributed by atoms with Crippen LogP contribution in [0, 0.1) is 5.82 Å². The van der Waals surface area contributed by atoms with Gasteiger partial charge >= 0.3 is 5.97 Å². The smallest absolute Gasteiger partial charge is 0.333 e. The van der Waals surface area contributed by atoms with Crippen molar-refractivity contribution in [1.82, 2.24) is 9.88 Å². The molecule has 0 amide bonds. The van der Waals surface area contributed by atoms with E-state index in [0.717, 1.165) is 5.56 Å². The molecule has 0 saturated carbocycles. The third kappa shape index (κ3) is 4.04. The van der Waals surface area contributed by atoms with Crippen LogP contribution in [0.1, 0.15) is 11.1 Å². The van der Waals surface area contributed by atoms with E-state index in [2.05, 4.69) is 4.98 Å². The highest BCUT2D eigenvalue weighted by Gasteiger charge is 2.21. The number of carbonyl (C=O) groups excluding carboxylic acids is 1. The molecule has 0 spiro atoms. The maximum Gasteiger partial charge on any atom is 0.333 e. The van der Waals surface area contributed by atoms with Crippen LogP contribution >= 0.6 is 23.2 Å². The number of rotatable bonds is 5.